The Labute approximate surface area is 155 Å². The number of benzene rings is 2. The smallest absolute Gasteiger partial charge is 0.160 e. The molecule has 2 aromatic carbocycles. The Kier molecular flexibility index (Phi) is 5.36. The van der Waals surface area contributed by atoms with Gasteiger partial charge in [-0.3, -0.25) is 9.36 Å². The maximum absolute atomic E-state index is 11.9. The van der Waals surface area contributed by atoms with Gasteiger partial charge in [0, 0.05) is 23.0 Å². The maximum Gasteiger partial charge on any atom is 0.160 e. The Morgan fingerprint density at radius 2 is 1.85 bits per heavy atom. The van der Waals surface area contributed by atoms with Gasteiger partial charge in [0.05, 0.1) is 5.69 Å². The molecule has 3 nitrogen and oxygen atoms in total. The van der Waals surface area contributed by atoms with E-state index in [1.807, 2.05) is 30.3 Å². The number of hydrogen-bond acceptors (Lipinski definition) is 2. The van der Waals surface area contributed by atoms with Crippen molar-refractivity contribution >= 4 is 5.78 Å². The van der Waals surface area contributed by atoms with Gasteiger partial charge in [-0.15, -0.1) is 0 Å². The third-order valence-corrected chi connectivity index (χ3v) is 4.53. The van der Waals surface area contributed by atoms with Crippen LogP contribution in [0, 0.1) is 5.92 Å². The van der Waals surface area contributed by atoms with Gasteiger partial charge in [-0.2, -0.15) is 0 Å². The predicted octanol–water partition coefficient (Wildman–Crippen LogP) is 5.50. The average Bonchev–Trinajstić information content (AvgIpc) is 3.04. The van der Waals surface area contributed by atoms with Crippen molar-refractivity contribution in [3.05, 3.63) is 71.5 Å². The second-order valence-electron chi connectivity index (χ2n) is 7.14. The summed E-state index contributed by atoms with van der Waals surface area (Å²) in [4.78, 5) is 16.8. The Morgan fingerprint density at radius 1 is 1.12 bits per heavy atom. The summed E-state index contributed by atoms with van der Waals surface area (Å²) in [7, 11) is 0. The number of carbonyl (C=O) groups is 1. The van der Waals surface area contributed by atoms with Crippen LogP contribution in [0.4, 0.5) is 0 Å². The highest BCUT2D eigenvalue weighted by Gasteiger charge is 2.15. The molecular weight excluding hydrogens is 320 g/mol. The van der Waals surface area contributed by atoms with Crippen LogP contribution in [0.15, 0.2) is 54.7 Å². The summed E-state index contributed by atoms with van der Waals surface area (Å²) in [5.74, 6) is 1.59. The molecule has 0 aliphatic carbocycles. The number of aromatic nitrogens is 2. The molecule has 1 aromatic heterocycles. The summed E-state index contributed by atoms with van der Waals surface area (Å²) >= 11 is 0. The molecule has 0 amide bonds. The lowest BCUT2D eigenvalue weighted by Crippen LogP contribution is -2.01. The number of hydrogen-bond donors (Lipinski definition) is 0. The van der Waals surface area contributed by atoms with E-state index >= 15 is 0 Å². The number of aryl methyl sites for hydroxylation is 1. The first-order chi connectivity index (χ1) is 12.5. The van der Waals surface area contributed by atoms with Crippen LogP contribution < -0.4 is 0 Å². The van der Waals surface area contributed by atoms with Gasteiger partial charge >= 0.3 is 0 Å². The van der Waals surface area contributed by atoms with E-state index in [4.69, 9.17) is 4.98 Å². The van der Waals surface area contributed by atoms with Crippen LogP contribution in [0.2, 0.25) is 0 Å². The zero-order valence-electron chi connectivity index (χ0n) is 16.0. The molecule has 0 bridgehead atoms. The van der Waals surface area contributed by atoms with E-state index in [0.29, 0.717) is 5.92 Å². The molecule has 1 heterocycles. The summed E-state index contributed by atoms with van der Waals surface area (Å²) in [5, 5.41) is 0. The molecule has 0 saturated heterocycles. The van der Waals surface area contributed by atoms with Crippen molar-refractivity contribution in [2.45, 2.75) is 40.5 Å². The molecule has 0 spiro atoms. The van der Waals surface area contributed by atoms with Crippen LogP contribution in [-0.4, -0.2) is 15.3 Å². The maximum atomic E-state index is 11.9. The standard InChI is InChI=1S/C23H26N2O/c1-5-18-14-19(11-12-22(18)17(4)26)23-24-20(13-16(2)3)15-25(23)21-9-7-6-8-10-21/h6-12,14-16H,5,13H2,1-4H3. The van der Waals surface area contributed by atoms with E-state index in [0.717, 1.165) is 46.7 Å². The first-order valence-electron chi connectivity index (χ1n) is 9.27. The van der Waals surface area contributed by atoms with Crippen molar-refractivity contribution in [3.63, 3.8) is 0 Å². The van der Waals surface area contributed by atoms with E-state index < -0.39 is 0 Å². The first kappa shape index (κ1) is 18.1. The van der Waals surface area contributed by atoms with Crippen molar-refractivity contribution in [1.82, 2.24) is 9.55 Å². The van der Waals surface area contributed by atoms with Gasteiger partial charge < -0.3 is 0 Å². The number of para-hydroxylation sites is 1. The molecule has 0 unspecified atom stereocenters. The van der Waals surface area contributed by atoms with Crippen molar-refractivity contribution < 1.29 is 4.79 Å². The van der Waals surface area contributed by atoms with E-state index in [2.05, 4.69) is 49.7 Å². The summed E-state index contributed by atoms with van der Waals surface area (Å²) in [6, 6.07) is 16.3. The normalized spacial score (nSPS) is 11.1. The lowest BCUT2D eigenvalue weighted by Gasteiger charge is -2.11. The SMILES string of the molecule is CCc1cc(-c2nc(CC(C)C)cn2-c2ccccc2)ccc1C(C)=O. The molecule has 0 aliphatic heterocycles. The zero-order chi connectivity index (χ0) is 18.7. The van der Waals surface area contributed by atoms with Gasteiger partial charge in [0.1, 0.15) is 5.82 Å². The minimum Gasteiger partial charge on any atom is -0.300 e. The number of nitrogens with zero attached hydrogens (tertiary/aromatic N) is 2. The van der Waals surface area contributed by atoms with Crippen LogP contribution in [0.25, 0.3) is 17.1 Å². The Hall–Kier alpha value is -2.68. The van der Waals surface area contributed by atoms with Gasteiger partial charge in [0.25, 0.3) is 0 Å². The summed E-state index contributed by atoms with van der Waals surface area (Å²) in [5.41, 5.74) is 5.11. The molecule has 0 saturated carbocycles. The zero-order valence-corrected chi connectivity index (χ0v) is 16.0. The molecule has 3 heteroatoms. The first-order valence-corrected chi connectivity index (χ1v) is 9.27. The van der Waals surface area contributed by atoms with Crippen LogP contribution in [0.1, 0.15) is 49.3 Å². The van der Waals surface area contributed by atoms with Crippen molar-refractivity contribution in [3.8, 4) is 17.1 Å². The van der Waals surface area contributed by atoms with Crippen molar-refractivity contribution in [1.29, 1.82) is 0 Å². The molecule has 3 aromatic rings. The van der Waals surface area contributed by atoms with Gasteiger partial charge in [-0.1, -0.05) is 51.1 Å². The number of Topliss-reactive ketones (excluding diaryl/α,β-unsaturated/α-hetero) is 1. The Morgan fingerprint density at radius 3 is 2.46 bits per heavy atom. The minimum atomic E-state index is 0.111. The average molecular weight is 346 g/mol. The monoisotopic (exact) mass is 346 g/mol. The fourth-order valence-corrected chi connectivity index (χ4v) is 3.30. The number of carbonyl (C=O) groups excluding carboxylic acids is 1. The third kappa shape index (κ3) is 3.77. The van der Waals surface area contributed by atoms with Gasteiger partial charge in [-0.05, 0) is 49.4 Å². The van der Waals surface area contributed by atoms with Gasteiger partial charge in [0.15, 0.2) is 5.78 Å². The lowest BCUT2D eigenvalue weighted by molar-refractivity contribution is 0.101. The number of imidazole rings is 1. The summed E-state index contributed by atoms with van der Waals surface area (Å²) in [6.45, 7) is 8.12. The molecule has 134 valence electrons. The summed E-state index contributed by atoms with van der Waals surface area (Å²) < 4.78 is 2.15. The lowest BCUT2D eigenvalue weighted by atomic mass is 9.99. The highest BCUT2D eigenvalue weighted by Crippen LogP contribution is 2.26. The molecule has 0 fully saturated rings. The minimum absolute atomic E-state index is 0.111. The fraction of sp³-hybridized carbons (Fsp3) is 0.304. The number of rotatable bonds is 6. The molecular formula is C23H26N2O. The third-order valence-electron chi connectivity index (χ3n) is 4.53. The van der Waals surface area contributed by atoms with Crippen LogP contribution in [0.3, 0.4) is 0 Å². The fourth-order valence-electron chi connectivity index (χ4n) is 3.30. The van der Waals surface area contributed by atoms with E-state index in [-0.39, 0.29) is 5.78 Å². The second-order valence-corrected chi connectivity index (χ2v) is 7.14. The van der Waals surface area contributed by atoms with Crippen molar-refractivity contribution in [2.75, 3.05) is 0 Å². The number of ketones is 1. The largest absolute Gasteiger partial charge is 0.300 e. The summed E-state index contributed by atoms with van der Waals surface area (Å²) in [6.07, 6.45) is 3.90. The van der Waals surface area contributed by atoms with Crippen LogP contribution in [0.5, 0.6) is 0 Å². The highest BCUT2D eigenvalue weighted by atomic mass is 16.1. The van der Waals surface area contributed by atoms with E-state index in [1.165, 1.54) is 0 Å². The quantitative estimate of drug-likeness (QED) is 0.552. The van der Waals surface area contributed by atoms with Gasteiger partial charge in [0.2, 0.25) is 0 Å². The molecule has 0 N–H and O–H groups in total. The van der Waals surface area contributed by atoms with E-state index in [1.54, 1.807) is 6.92 Å². The molecule has 0 atom stereocenters. The van der Waals surface area contributed by atoms with Crippen LogP contribution >= 0.6 is 0 Å². The molecule has 0 radical (unpaired) electrons. The molecule has 26 heavy (non-hydrogen) atoms. The topological polar surface area (TPSA) is 34.9 Å². The van der Waals surface area contributed by atoms with Crippen molar-refractivity contribution in [2.24, 2.45) is 5.92 Å². The predicted molar refractivity (Wildman–Crippen MR) is 107 cm³/mol. The van der Waals surface area contributed by atoms with Gasteiger partial charge in [-0.25, -0.2) is 4.98 Å². The van der Waals surface area contributed by atoms with Crippen LogP contribution in [-0.2, 0) is 12.8 Å². The molecule has 0 aliphatic rings. The Balaban J connectivity index is 2.14. The van der Waals surface area contributed by atoms with E-state index in [9.17, 15) is 4.79 Å². The molecule has 3 rings (SSSR count). The highest BCUT2D eigenvalue weighted by molar-refractivity contribution is 5.96. The second kappa shape index (κ2) is 7.69. The Bertz CT molecular complexity index is 907.